The number of fused-ring (bicyclic) bond motifs is 1. The Kier molecular flexibility index (Phi) is 8.02. The number of piperazine rings is 1. The minimum atomic E-state index is -3.70. The zero-order chi connectivity index (χ0) is 23.8. The van der Waals surface area contributed by atoms with Crippen molar-refractivity contribution in [2.75, 3.05) is 39.8 Å². The number of aryl methyl sites for hydroxylation is 2. The predicted molar refractivity (Wildman–Crippen MR) is 132 cm³/mol. The minimum absolute atomic E-state index is 0. The second kappa shape index (κ2) is 10.4. The van der Waals surface area contributed by atoms with Crippen molar-refractivity contribution in [3.63, 3.8) is 0 Å². The summed E-state index contributed by atoms with van der Waals surface area (Å²) < 4.78 is 35.5. The Morgan fingerprint density at radius 1 is 1.15 bits per heavy atom. The van der Waals surface area contributed by atoms with Crippen LogP contribution in [0.1, 0.15) is 31.8 Å². The van der Waals surface area contributed by atoms with E-state index in [4.69, 9.17) is 4.74 Å². The van der Waals surface area contributed by atoms with Crippen LogP contribution in [0.15, 0.2) is 27.9 Å². The van der Waals surface area contributed by atoms with E-state index in [1.54, 1.807) is 23.6 Å². The van der Waals surface area contributed by atoms with Gasteiger partial charge in [-0.3, -0.25) is 4.79 Å². The van der Waals surface area contributed by atoms with Crippen LogP contribution < -0.4 is 10.3 Å². The quantitative estimate of drug-likeness (QED) is 0.517. The van der Waals surface area contributed by atoms with Gasteiger partial charge in [-0.25, -0.2) is 17.9 Å². The Morgan fingerprint density at radius 3 is 2.50 bits per heavy atom. The number of likely N-dealkylation sites (N-methyl/N-ethyl adjacent to an activating group) is 1. The molecule has 0 unspecified atom stereocenters. The lowest BCUT2D eigenvalue weighted by Crippen LogP contribution is -2.47. The van der Waals surface area contributed by atoms with E-state index in [1.165, 1.54) is 10.4 Å². The molecule has 0 amide bonds. The Balaban J connectivity index is 0.00000324. The fourth-order valence-electron chi connectivity index (χ4n) is 4.06. The second-order valence-corrected chi connectivity index (χ2v) is 10.2. The van der Waals surface area contributed by atoms with Gasteiger partial charge in [0.25, 0.3) is 5.56 Å². The van der Waals surface area contributed by atoms with Gasteiger partial charge in [0, 0.05) is 32.6 Å². The number of sulfonamides is 1. The third kappa shape index (κ3) is 4.83. The number of ether oxygens (including phenoxy) is 1. The van der Waals surface area contributed by atoms with Gasteiger partial charge < -0.3 is 14.6 Å². The fourth-order valence-corrected chi connectivity index (χ4v) is 5.51. The molecular weight excluding hydrogens is 480 g/mol. The Bertz CT molecular complexity index is 1330. The molecule has 0 spiro atoms. The SMILES string of the molecule is CCCc1nc(C)c2c(=O)[nH]c(-c3cc(S(=O)(=O)N4CCN(C)CC4)ccc3OCC)nn12.Cl. The van der Waals surface area contributed by atoms with Crippen LogP contribution in [0.5, 0.6) is 5.75 Å². The number of aromatic nitrogens is 4. The van der Waals surface area contributed by atoms with Crippen LogP contribution in [-0.2, 0) is 16.4 Å². The second-order valence-electron chi connectivity index (χ2n) is 8.22. The van der Waals surface area contributed by atoms with Gasteiger partial charge in [-0.1, -0.05) is 6.92 Å². The van der Waals surface area contributed by atoms with Gasteiger partial charge in [0.15, 0.2) is 11.3 Å². The number of nitrogens with one attached hydrogen (secondary N) is 1. The van der Waals surface area contributed by atoms with E-state index < -0.39 is 10.0 Å². The van der Waals surface area contributed by atoms with Crippen LogP contribution in [0, 0.1) is 6.92 Å². The molecule has 2 aromatic heterocycles. The molecule has 0 radical (unpaired) electrons. The highest BCUT2D eigenvalue weighted by Gasteiger charge is 2.29. The van der Waals surface area contributed by atoms with Crippen LogP contribution >= 0.6 is 12.4 Å². The van der Waals surface area contributed by atoms with Crippen molar-refractivity contribution in [3.8, 4) is 17.1 Å². The molecule has 1 fully saturated rings. The third-order valence-corrected chi connectivity index (χ3v) is 7.72. The number of imidazole rings is 1. The van der Waals surface area contributed by atoms with Crippen LogP contribution in [0.2, 0.25) is 0 Å². The smallest absolute Gasteiger partial charge is 0.277 e. The maximum absolute atomic E-state index is 13.3. The summed E-state index contributed by atoms with van der Waals surface area (Å²) in [7, 11) is -1.73. The highest BCUT2D eigenvalue weighted by atomic mass is 35.5. The van der Waals surface area contributed by atoms with E-state index in [9.17, 15) is 13.2 Å². The van der Waals surface area contributed by atoms with E-state index >= 15 is 0 Å². The summed E-state index contributed by atoms with van der Waals surface area (Å²) in [6, 6.07) is 4.70. The van der Waals surface area contributed by atoms with Crippen LogP contribution in [0.4, 0.5) is 0 Å². The first-order chi connectivity index (χ1) is 15.8. The lowest BCUT2D eigenvalue weighted by Gasteiger charge is -2.31. The average Bonchev–Trinajstić information content (AvgIpc) is 3.10. The molecule has 1 aromatic carbocycles. The van der Waals surface area contributed by atoms with E-state index in [0.29, 0.717) is 67.6 Å². The minimum Gasteiger partial charge on any atom is -0.493 e. The van der Waals surface area contributed by atoms with E-state index in [2.05, 4.69) is 20.0 Å². The van der Waals surface area contributed by atoms with E-state index in [1.807, 2.05) is 20.9 Å². The first kappa shape index (κ1) is 26.1. The third-order valence-electron chi connectivity index (χ3n) is 5.82. The summed E-state index contributed by atoms with van der Waals surface area (Å²) in [5.74, 6) is 1.38. The fraction of sp³-hybridized carbons (Fsp3) is 0.500. The van der Waals surface area contributed by atoms with Gasteiger partial charge in [0.2, 0.25) is 10.0 Å². The molecule has 1 aliphatic rings. The van der Waals surface area contributed by atoms with Crippen molar-refractivity contribution < 1.29 is 13.2 Å². The van der Waals surface area contributed by atoms with Crippen LogP contribution in [0.3, 0.4) is 0 Å². The molecule has 4 rings (SSSR count). The predicted octanol–water partition coefficient (Wildman–Crippen LogP) is 2.10. The van der Waals surface area contributed by atoms with Crippen molar-refractivity contribution in [2.45, 2.75) is 38.5 Å². The summed E-state index contributed by atoms with van der Waals surface area (Å²) in [4.78, 5) is 22.5. The van der Waals surface area contributed by atoms with Gasteiger partial charge >= 0.3 is 0 Å². The first-order valence-electron chi connectivity index (χ1n) is 11.2. The maximum Gasteiger partial charge on any atom is 0.277 e. The highest BCUT2D eigenvalue weighted by Crippen LogP contribution is 2.31. The van der Waals surface area contributed by atoms with Gasteiger partial charge in [-0.15, -0.1) is 17.5 Å². The molecule has 34 heavy (non-hydrogen) atoms. The molecular formula is C22H31ClN6O4S. The Morgan fingerprint density at radius 2 is 1.85 bits per heavy atom. The topological polar surface area (TPSA) is 113 Å². The molecule has 0 saturated carbocycles. The molecule has 3 aromatic rings. The Labute approximate surface area is 205 Å². The molecule has 10 nitrogen and oxygen atoms in total. The Hall–Kier alpha value is -2.47. The summed E-state index contributed by atoms with van der Waals surface area (Å²) in [6.07, 6.45) is 1.52. The van der Waals surface area contributed by atoms with Crippen LogP contribution in [0.25, 0.3) is 16.9 Å². The van der Waals surface area contributed by atoms with Crippen molar-refractivity contribution in [2.24, 2.45) is 0 Å². The van der Waals surface area contributed by atoms with Crippen molar-refractivity contribution in [1.29, 1.82) is 0 Å². The molecule has 0 bridgehead atoms. The number of rotatable bonds is 7. The molecule has 0 aliphatic carbocycles. The molecule has 1 saturated heterocycles. The summed E-state index contributed by atoms with van der Waals surface area (Å²) in [5.41, 5.74) is 1.08. The lowest BCUT2D eigenvalue weighted by atomic mass is 10.2. The molecule has 1 N–H and O–H groups in total. The number of hydrogen-bond acceptors (Lipinski definition) is 7. The van der Waals surface area contributed by atoms with E-state index in [0.717, 1.165) is 6.42 Å². The largest absolute Gasteiger partial charge is 0.493 e. The number of halogens is 1. The summed E-state index contributed by atoms with van der Waals surface area (Å²) in [5, 5.41) is 4.64. The van der Waals surface area contributed by atoms with Gasteiger partial charge in [0.05, 0.1) is 22.8 Å². The zero-order valence-corrected chi connectivity index (χ0v) is 21.5. The number of H-pyrrole nitrogens is 1. The maximum atomic E-state index is 13.3. The van der Waals surface area contributed by atoms with Crippen molar-refractivity contribution >= 4 is 27.9 Å². The van der Waals surface area contributed by atoms with Gasteiger partial charge in [-0.2, -0.15) is 4.31 Å². The standard InChI is InChI=1S/C22H30N6O4S.ClH/c1-5-7-19-23-15(3)20-22(29)24-21(25-28(19)20)17-14-16(8-9-18(17)32-6-2)33(30,31)27-12-10-26(4)11-13-27;/h8-9,14H,5-7,10-13H2,1-4H3,(H,24,25,29);1H. The summed E-state index contributed by atoms with van der Waals surface area (Å²) in [6.45, 7) is 8.24. The molecule has 0 atom stereocenters. The van der Waals surface area contributed by atoms with Gasteiger partial charge in [-0.05, 0) is 45.5 Å². The van der Waals surface area contributed by atoms with E-state index in [-0.39, 0.29) is 28.7 Å². The molecule has 1 aliphatic heterocycles. The molecule has 3 heterocycles. The first-order valence-corrected chi connectivity index (χ1v) is 12.6. The van der Waals surface area contributed by atoms with Crippen molar-refractivity contribution in [1.82, 2.24) is 28.8 Å². The van der Waals surface area contributed by atoms with Crippen molar-refractivity contribution in [3.05, 3.63) is 40.1 Å². The average molecular weight is 511 g/mol. The van der Waals surface area contributed by atoms with Gasteiger partial charge in [0.1, 0.15) is 11.6 Å². The highest BCUT2D eigenvalue weighted by molar-refractivity contribution is 7.89. The monoisotopic (exact) mass is 510 g/mol. The lowest BCUT2D eigenvalue weighted by molar-refractivity contribution is 0.222. The number of aromatic amines is 1. The summed E-state index contributed by atoms with van der Waals surface area (Å²) >= 11 is 0. The zero-order valence-electron chi connectivity index (χ0n) is 19.9. The molecule has 12 heteroatoms. The number of hydrogen-bond donors (Lipinski definition) is 1. The number of nitrogens with zero attached hydrogens (tertiary/aromatic N) is 5. The van der Waals surface area contributed by atoms with Crippen LogP contribution in [-0.4, -0.2) is 77.0 Å². The molecule has 186 valence electrons. The normalized spacial score (nSPS) is 15.4. The number of benzene rings is 1.